The molecule has 0 unspecified atom stereocenters. The smallest absolute Gasteiger partial charge is 1.00 e. The van der Waals surface area contributed by atoms with Crippen LogP contribution < -0.4 is 30.0 Å². The Labute approximate surface area is 172 Å². The molecule has 0 nitrogen and oxygen atoms in total. The Morgan fingerprint density at radius 1 is 0.870 bits per heavy atom. The quantitative estimate of drug-likeness (QED) is 0.358. The van der Waals surface area contributed by atoms with Gasteiger partial charge in [0.2, 0.25) is 0 Å². The molecule has 119 valence electrons. The van der Waals surface area contributed by atoms with Gasteiger partial charge >= 0.3 is 26.2 Å². The van der Waals surface area contributed by atoms with E-state index >= 15 is 0 Å². The fourth-order valence-electron chi connectivity index (χ4n) is 2.79. The SMILES string of the molecule is Cc1cc2c(-c3ccc([Si](C)(C)C)cc3)cccc2[cH-]1.[Cl-].[Cl-].[Zr+3]. The monoisotopic (exact) mass is 437 g/mol. The predicted molar refractivity (Wildman–Crippen MR) is 92.7 cm³/mol. The molecule has 0 aromatic heterocycles. The molecule has 1 radical (unpaired) electrons. The average Bonchev–Trinajstić information content (AvgIpc) is 2.78. The van der Waals surface area contributed by atoms with E-state index in [-0.39, 0.29) is 51.0 Å². The Bertz CT molecular complexity index is 755. The zero-order valence-corrected chi connectivity index (χ0v) is 18.9. The van der Waals surface area contributed by atoms with Crippen molar-refractivity contribution < 1.29 is 51.0 Å². The Morgan fingerprint density at radius 3 is 2.04 bits per heavy atom. The molecule has 0 atom stereocenters. The van der Waals surface area contributed by atoms with Crippen LogP contribution in [0.25, 0.3) is 21.9 Å². The van der Waals surface area contributed by atoms with Crippen molar-refractivity contribution in [2.24, 2.45) is 0 Å². The third kappa shape index (κ3) is 4.86. The zero-order chi connectivity index (χ0) is 14.3. The molecule has 0 spiro atoms. The maximum atomic E-state index is 2.39. The molecule has 0 amide bonds. The maximum Gasteiger partial charge on any atom is 3.00 e. The molecule has 3 aromatic carbocycles. The van der Waals surface area contributed by atoms with E-state index in [9.17, 15) is 0 Å². The van der Waals surface area contributed by atoms with Crippen LogP contribution in [0.5, 0.6) is 0 Å². The van der Waals surface area contributed by atoms with Crippen molar-refractivity contribution in [3.05, 3.63) is 60.2 Å². The van der Waals surface area contributed by atoms with Gasteiger partial charge in [0.25, 0.3) is 0 Å². The maximum absolute atomic E-state index is 2.39. The summed E-state index contributed by atoms with van der Waals surface area (Å²) in [5.41, 5.74) is 4.01. The summed E-state index contributed by atoms with van der Waals surface area (Å²) in [6, 6.07) is 20.3. The van der Waals surface area contributed by atoms with Gasteiger partial charge in [-0.25, -0.2) is 0 Å². The first kappa shape index (κ1) is 22.7. The molecule has 0 aliphatic carbocycles. The van der Waals surface area contributed by atoms with Gasteiger partial charge in [-0.05, 0) is 5.56 Å². The van der Waals surface area contributed by atoms with Crippen molar-refractivity contribution in [2.45, 2.75) is 26.6 Å². The largest absolute Gasteiger partial charge is 3.00 e. The van der Waals surface area contributed by atoms with Gasteiger partial charge < -0.3 is 24.8 Å². The Hall–Kier alpha value is -0.270. The van der Waals surface area contributed by atoms with Crippen LogP contribution in [0.15, 0.2) is 54.6 Å². The predicted octanol–water partition coefficient (Wildman–Crippen LogP) is -0.915. The molecule has 23 heavy (non-hydrogen) atoms. The van der Waals surface area contributed by atoms with E-state index in [0.29, 0.717) is 0 Å². The first-order valence-corrected chi connectivity index (χ1v) is 10.7. The minimum absolute atomic E-state index is 0. The molecule has 0 heterocycles. The number of rotatable bonds is 2. The fourth-order valence-corrected chi connectivity index (χ4v) is 3.95. The van der Waals surface area contributed by atoms with E-state index in [2.05, 4.69) is 81.2 Å². The molecular weight excluding hydrogens is 418 g/mol. The van der Waals surface area contributed by atoms with E-state index in [1.807, 2.05) is 0 Å². The van der Waals surface area contributed by atoms with E-state index < -0.39 is 8.07 Å². The van der Waals surface area contributed by atoms with Crippen LogP contribution in [0.1, 0.15) is 5.56 Å². The molecule has 0 saturated heterocycles. The Morgan fingerprint density at radius 2 is 1.48 bits per heavy atom. The normalized spacial score (nSPS) is 10.4. The van der Waals surface area contributed by atoms with E-state index in [1.54, 1.807) is 0 Å². The van der Waals surface area contributed by atoms with Gasteiger partial charge in [0.1, 0.15) is 0 Å². The third-order valence-corrected chi connectivity index (χ3v) is 6.02. The number of hydrogen-bond acceptors (Lipinski definition) is 0. The first-order chi connectivity index (χ1) is 9.45. The zero-order valence-electron chi connectivity index (χ0n) is 14.0. The molecule has 0 bridgehead atoms. The molecule has 0 N–H and O–H groups in total. The summed E-state index contributed by atoms with van der Waals surface area (Å²) in [5, 5.41) is 4.23. The molecule has 0 aliphatic heterocycles. The van der Waals surface area contributed by atoms with Crippen LogP contribution in [0.4, 0.5) is 0 Å². The fraction of sp³-hybridized carbons (Fsp3) is 0.211. The Kier molecular flexibility index (Phi) is 8.61. The summed E-state index contributed by atoms with van der Waals surface area (Å²) in [5.74, 6) is 0. The number of aryl methyl sites for hydroxylation is 1. The number of fused-ring (bicyclic) bond motifs is 1. The van der Waals surface area contributed by atoms with Crippen LogP contribution in [0.3, 0.4) is 0 Å². The minimum Gasteiger partial charge on any atom is -1.00 e. The summed E-state index contributed by atoms with van der Waals surface area (Å²) in [7, 11) is -1.21. The van der Waals surface area contributed by atoms with Gasteiger partial charge in [0, 0.05) is 0 Å². The summed E-state index contributed by atoms with van der Waals surface area (Å²) < 4.78 is 0. The van der Waals surface area contributed by atoms with Crippen molar-refractivity contribution in [3.8, 4) is 11.1 Å². The summed E-state index contributed by atoms with van der Waals surface area (Å²) in [4.78, 5) is 0. The average molecular weight is 440 g/mol. The van der Waals surface area contributed by atoms with Crippen LogP contribution in [0, 0.1) is 6.92 Å². The van der Waals surface area contributed by atoms with Crippen molar-refractivity contribution in [2.75, 3.05) is 0 Å². The minimum atomic E-state index is -1.21. The van der Waals surface area contributed by atoms with Gasteiger partial charge in [0.15, 0.2) is 0 Å². The first-order valence-electron chi connectivity index (χ1n) is 7.22. The van der Waals surface area contributed by atoms with Crippen LogP contribution in [-0.4, -0.2) is 8.07 Å². The second-order valence-corrected chi connectivity index (χ2v) is 11.7. The third-order valence-electron chi connectivity index (χ3n) is 3.96. The number of benzene rings is 2. The standard InChI is InChI=1S/C19H21Si.2ClH.Zr/c1-14-12-16-6-5-7-18(19(16)13-14)15-8-10-17(11-9-15)20(2,3)4;;;/h5-13H,1-4H3;2*1H;/q-1;;;+3/p-2. The van der Waals surface area contributed by atoms with Crippen LogP contribution in [0.2, 0.25) is 19.6 Å². The van der Waals surface area contributed by atoms with Crippen molar-refractivity contribution in [1.29, 1.82) is 0 Å². The molecular formula is C19H21Cl2SiZr. The van der Waals surface area contributed by atoms with Gasteiger partial charge in [-0.2, -0.15) is 6.07 Å². The van der Waals surface area contributed by atoms with Crippen molar-refractivity contribution in [3.63, 3.8) is 0 Å². The molecule has 3 aromatic rings. The molecule has 0 fully saturated rings. The summed E-state index contributed by atoms with van der Waals surface area (Å²) >= 11 is 0. The second-order valence-electron chi connectivity index (χ2n) is 6.67. The van der Waals surface area contributed by atoms with E-state index in [4.69, 9.17) is 0 Å². The van der Waals surface area contributed by atoms with Crippen LogP contribution in [-0.2, 0) is 26.2 Å². The van der Waals surface area contributed by atoms with Gasteiger partial charge in [0.05, 0.1) is 8.07 Å². The molecule has 4 heteroatoms. The van der Waals surface area contributed by atoms with Crippen LogP contribution >= 0.6 is 0 Å². The van der Waals surface area contributed by atoms with Crippen molar-refractivity contribution in [1.82, 2.24) is 0 Å². The molecule has 3 rings (SSSR count). The topological polar surface area (TPSA) is 0 Å². The van der Waals surface area contributed by atoms with Gasteiger partial charge in [-0.3, -0.25) is 0 Å². The second kappa shape index (κ2) is 8.72. The molecule has 0 aliphatic rings. The van der Waals surface area contributed by atoms with E-state index in [0.717, 1.165) is 0 Å². The van der Waals surface area contributed by atoms with E-state index in [1.165, 1.54) is 32.6 Å². The van der Waals surface area contributed by atoms with Gasteiger partial charge in [-0.1, -0.05) is 67.6 Å². The molecule has 0 saturated carbocycles. The Balaban J connectivity index is 0.00000161. The summed E-state index contributed by atoms with van der Waals surface area (Å²) in [6.07, 6.45) is 0. The van der Waals surface area contributed by atoms with Gasteiger partial charge in [-0.15, -0.1) is 34.5 Å². The number of hydrogen-bond donors (Lipinski definition) is 0. The van der Waals surface area contributed by atoms with Crippen molar-refractivity contribution >= 4 is 24.0 Å². The summed E-state index contributed by atoms with van der Waals surface area (Å²) in [6.45, 7) is 9.34. The number of halogens is 2.